The van der Waals surface area contributed by atoms with E-state index in [9.17, 15) is 9.50 Å². The van der Waals surface area contributed by atoms with E-state index in [4.69, 9.17) is 4.74 Å². The maximum Gasteiger partial charge on any atom is 0.123 e. The van der Waals surface area contributed by atoms with Crippen LogP contribution < -0.4 is 5.32 Å². The number of aliphatic hydroxyl groups excluding tert-OH is 1. The molecule has 84 valence electrons. The number of methoxy groups -OCH3 is 1. The van der Waals surface area contributed by atoms with Crippen molar-refractivity contribution >= 4 is 0 Å². The van der Waals surface area contributed by atoms with E-state index in [0.29, 0.717) is 24.3 Å². The Morgan fingerprint density at radius 2 is 2.27 bits per heavy atom. The Labute approximate surface area is 88.9 Å². The molecular weight excluding hydrogens is 197 g/mol. The fourth-order valence-corrected chi connectivity index (χ4v) is 1.48. The molecule has 0 fully saturated rings. The van der Waals surface area contributed by atoms with Crippen LogP contribution in [0.25, 0.3) is 0 Å². The molecule has 0 aliphatic heterocycles. The number of halogens is 1. The normalized spacial score (nSPS) is 12.8. The maximum atomic E-state index is 13.0. The molecule has 3 nitrogen and oxygen atoms in total. The van der Waals surface area contributed by atoms with Crippen LogP contribution in [0.5, 0.6) is 0 Å². The summed E-state index contributed by atoms with van der Waals surface area (Å²) in [5.74, 6) is -0.317. The third kappa shape index (κ3) is 3.27. The van der Waals surface area contributed by atoms with Gasteiger partial charge < -0.3 is 15.2 Å². The number of likely N-dealkylation sites (N-methyl/N-ethyl adjacent to an activating group) is 1. The number of ether oxygens (including phenoxy) is 1. The van der Waals surface area contributed by atoms with Crippen molar-refractivity contribution in [2.45, 2.75) is 12.7 Å². The summed E-state index contributed by atoms with van der Waals surface area (Å²) >= 11 is 0. The van der Waals surface area contributed by atoms with E-state index in [1.807, 2.05) is 0 Å². The molecule has 0 heterocycles. The molecule has 1 aromatic carbocycles. The molecule has 1 unspecified atom stereocenters. The van der Waals surface area contributed by atoms with Gasteiger partial charge in [0.1, 0.15) is 5.82 Å². The van der Waals surface area contributed by atoms with Crippen LogP contribution in [0, 0.1) is 5.82 Å². The number of hydrogen-bond acceptors (Lipinski definition) is 3. The lowest BCUT2D eigenvalue weighted by Crippen LogP contribution is -2.18. The molecule has 0 saturated carbocycles. The van der Waals surface area contributed by atoms with Crippen LogP contribution in [0.2, 0.25) is 0 Å². The molecule has 15 heavy (non-hydrogen) atoms. The summed E-state index contributed by atoms with van der Waals surface area (Å²) in [6.07, 6.45) is -0.638. The predicted octanol–water partition coefficient (Wildman–Crippen LogP) is 1.22. The Hall–Kier alpha value is -0.970. The van der Waals surface area contributed by atoms with E-state index in [2.05, 4.69) is 5.32 Å². The lowest BCUT2D eigenvalue weighted by molar-refractivity contribution is 0.161. The van der Waals surface area contributed by atoms with Crippen LogP contribution in [-0.4, -0.2) is 25.8 Å². The molecule has 0 saturated heterocycles. The molecule has 0 aliphatic rings. The van der Waals surface area contributed by atoms with Gasteiger partial charge in [-0.05, 0) is 30.3 Å². The van der Waals surface area contributed by atoms with Crippen molar-refractivity contribution in [3.8, 4) is 0 Å². The lowest BCUT2D eigenvalue weighted by Gasteiger charge is -2.14. The average Bonchev–Trinajstić information content (AvgIpc) is 2.18. The third-order valence-corrected chi connectivity index (χ3v) is 2.16. The molecule has 4 heteroatoms. The maximum absolute atomic E-state index is 13.0. The predicted molar refractivity (Wildman–Crippen MR) is 56.0 cm³/mol. The van der Waals surface area contributed by atoms with E-state index in [0.717, 1.165) is 0 Å². The first-order valence-electron chi connectivity index (χ1n) is 4.79. The Morgan fingerprint density at radius 3 is 2.87 bits per heavy atom. The van der Waals surface area contributed by atoms with E-state index in [-0.39, 0.29) is 5.82 Å². The summed E-state index contributed by atoms with van der Waals surface area (Å²) < 4.78 is 17.9. The van der Waals surface area contributed by atoms with E-state index in [1.165, 1.54) is 12.1 Å². The van der Waals surface area contributed by atoms with Gasteiger partial charge in [-0.15, -0.1) is 0 Å². The highest BCUT2D eigenvalue weighted by molar-refractivity contribution is 5.29. The van der Waals surface area contributed by atoms with Gasteiger partial charge in [-0.2, -0.15) is 0 Å². The number of rotatable bonds is 5. The van der Waals surface area contributed by atoms with Gasteiger partial charge in [0.05, 0.1) is 12.7 Å². The minimum Gasteiger partial charge on any atom is -0.387 e. The molecule has 0 radical (unpaired) electrons. The SMILES string of the molecule is CNCC(O)c1ccc(F)cc1COC. The highest BCUT2D eigenvalue weighted by atomic mass is 19.1. The molecule has 0 spiro atoms. The number of hydrogen-bond donors (Lipinski definition) is 2. The summed E-state index contributed by atoms with van der Waals surface area (Å²) in [5, 5.41) is 12.6. The van der Waals surface area contributed by atoms with Gasteiger partial charge in [0.15, 0.2) is 0 Å². The zero-order chi connectivity index (χ0) is 11.3. The van der Waals surface area contributed by atoms with Crippen molar-refractivity contribution < 1.29 is 14.2 Å². The molecule has 1 rings (SSSR count). The monoisotopic (exact) mass is 213 g/mol. The van der Waals surface area contributed by atoms with Gasteiger partial charge in [-0.25, -0.2) is 4.39 Å². The fraction of sp³-hybridized carbons (Fsp3) is 0.455. The van der Waals surface area contributed by atoms with Crippen molar-refractivity contribution in [2.75, 3.05) is 20.7 Å². The molecule has 2 N–H and O–H groups in total. The van der Waals surface area contributed by atoms with E-state index in [1.54, 1.807) is 20.2 Å². The summed E-state index contributed by atoms with van der Waals surface area (Å²) in [4.78, 5) is 0. The van der Waals surface area contributed by atoms with Gasteiger partial charge in [0.25, 0.3) is 0 Å². The van der Waals surface area contributed by atoms with Crippen molar-refractivity contribution in [1.82, 2.24) is 5.32 Å². The second kappa shape index (κ2) is 5.80. The summed E-state index contributed by atoms with van der Waals surface area (Å²) in [6.45, 7) is 0.732. The number of nitrogens with one attached hydrogen (secondary N) is 1. The van der Waals surface area contributed by atoms with Crippen LogP contribution in [0.3, 0.4) is 0 Å². The first-order chi connectivity index (χ1) is 7.19. The molecule has 0 bridgehead atoms. The Bertz CT molecular complexity index is 317. The van der Waals surface area contributed by atoms with Gasteiger partial charge >= 0.3 is 0 Å². The standard InChI is InChI=1S/C11H16FNO2/c1-13-6-11(14)10-4-3-9(12)5-8(10)7-15-2/h3-5,11,13-14H,6-7H2,1-2H3. The smallest absolute Gasteiger partial charge is 0.123 e. The van der Waals surface area contributed by atoms with E-state index >= 15 is 0 Å². The van der Waals surface area contributed by atoms with Crippen molar-refractivity contribution in [3.63, 3.8) is 0 Å². The average molecular weight is 213 g/mol. The molecular formula is C11H16FNO2. The number of aliphatic hydroxyl groups is 1. The Morgan fingerprint density at radius 1 is 1.53 bits per heavy atom. The molecule has 0 aliphatic carbocycles. The van der Waals surface area contributed by atoms with Crippen LogP contribution in [0.15, 0.2) is 18.2 Å². The number of benzene rings is 1. The second-order valence-corrected chi connectivity index (χ2v) is 3.35. The zero-order valence-corrected chi connectivity index (χ0v) is 8.96. The molecule has 0 aromatic heterocycles. The summed E-state index contributed by atoms with van der Waals surface area (Å²) in [6, 6.07) is 4.32. The van der Waals surface area contributed by atoms with E-state index < -0.39 is 6.10 Å². The third-order valence-electron chi connectivity index (χ3n) is 2.16. The molecule has 0 amide bonds. The molecule has 1 atom stereocenters. The van der Waals surface area contributed by atoms with Gasteiger partial charge in [0.2, 0.25) is 0 Å². The summed E-state index contributed by atoms with van der Waals surface area (Å²) in [7, 11) is 3.29. The van der Waals surface area contributed by atoms with Gasteiger partial charge in [-0.3, -0.25) is 0 Å². The van der Waals surface area contributed by atoms with Crippen LogP contribution in [-0.2, 0) is 11.3 Å². The first-order valence-corrected chi connectivity index (χ1v) is 4.79. The Balaban J connectivity index is 2.93. The second-order valence-electron chi connectivity index (χ2n) is 3.35. The topological polar surface area (TPSA) is 41.5 Å². The quantitative estimate of drug-likeness (QED) is 0.773. The summed E-state index contributed by atoms with van der Waals surface area (Å²) in [5.41, 5.74) is 1.38. The Kier molecular flexibility index (Phi) is 4.68. The van der Waals surface area contributed by atoms with Crippen molar-refractivity contribution in [1.29, 1.82) is 0 Å². The van der Waals surface area contributed by atoms with Crippen molar-refractivity contribution in [3.05, 3.63) is 35.1 Å². The van der Waals surface area contributed by atoms with Crippen LogP contribution in [0.1, 0.15) is 17.2 Å². The van der Waals surface area contributed by atoms with Gasteiger partial charge in [-0.1, -0.05) is 6.07 Å². The molecule has 1 aromatic rings. The highest BCUT2D eigenvalue weighted by Crippen LogP contribution is 2.19. The minimum absolute atomic E-state index is 0.299. The van der Waals surface area contributed by atoms with Gasteiger partial charge in [0, 0.05) is 13.7 Å². The van der Waals surface area contributed by atoms with Crippen LogP contribution >= 0.6 is 0 Å². The highest BCUT2D eigenvalue weighted by Gasteiger charge is 2.12. The largest absolute Gasteiger partial charge is 0.387 e. The van der Waals surface area contributed by atoms with Crippen molar-refractivity contribution in [2.24, 2.45) is 0 Å². The zero-order valence-electron chi connectivity index (χ0n) is 8.96. The minimum atomic E-state index is -0.638. The first kappa shape index (κ1) is 12.1. The fourth-order valence-electron chi connectivity index (χ4n) is 1.48. The van der Waals surface area contributed by atoms with Crippen LogP contribution in [0.4, 0.5) is 4.39 Å². The lowest BCUT2D eigenvalue weighted by atomic mass is 10.0.